The quantitative estimate of drug-likeness (QED) is 0.403. The summed E-state index contributed by atoms with van der Waals surface area (Å²) in [5.41, 5.74) is 0.0151. The van der Waals surface area contributed by atoms with Gasteiger partial charge in [0.15, 0.2) is 0 Å². The normalized spacial score (nSPS) is 12.2. The Morgan fingerprint density at radius 1 is 1.14 bits per heavy atom. The molecule has 7 nitrogen and oxygen atoms in total. The molecule has 0 bridgehead atoms. The number of halogens is 2. The van der Waals surface area contributed by atoms with Crippen LogP contribution in [0.2, 0.25) is 10.4 Å². The average molecular weight is 426 g/mol. The Bertz CT molecular complexity index is 821. The molecule has 1 heterocycles. The van der Waals surface area contributed by atoms with Gasteiger partial charge in [-0.3, -0.25) is 0 Å². The number of hydrogen-bond acceptors (Lipinski definition) is 6. The van der Waals surface area contributed by atoms with Crippen LogP contribution in [0.3, 0.4) is 0 Å². The molecule has 0 unspecified atom stereocenters. The van der Waals surface area contributed by atoms with Crippen molar-refractivity contribution in [2.45, 2.75) is 38.8 Å². The van der Waals surface area contributed by atoms with E-state index in [0.717, 1.165) is 10.5 Å². The fraction of sp³-hybridized carbons (Fsp3) is 0.368. The zero-order valence-corrected chi connectivity index (χ0v) is 17.5. The van der Waals surface area contributed by atoms with Crippen LogP contribution in [0, 0.1) is 0 Å². The Balaban J connectivity index is 2.54. The van der Waals surface area contributed by atoms with Crippen molar-refractivity contribution in [2.75, 3.05) is 12.0 Å². The van der Waals surface area contributed by atoms with Crippen molar-refractivity contribution >= 4 is 41.1 Å². The van der Waals surface area contributed by atoms with Crippen LogP contribution in [0.4, 0.5) is 10.6 Å². The van der Waals surface area contributed by atoms with E-state index in [1.807, 2.05) is 30.3 Å². The highest BCUT2D eigenvalue weighted by Crippen LogP contribution is 2.25. The second kappa shape index (κ2) is 9.21. The van der Waals surface area contributed by atoms with Crippen LogP contribution in [0.5, 0.6) is 0 Å². The molecule has 0 saturated heterocycles. The number of benzene rings is 1. The lowest BCUT2D eigenvalue weighted by atomic mass is 10.0. The van der Waals surface area contributed by atoms with Gasteiger partial charge >= 0.3 is 12.1 Å². The van der Waals surface area contributed by atoms with E-state index < -0.39 is 23.7 Å². The molecule has 0 saturated carbocycles. The smallest absolute Gasteiger partial charge is 0.416 e. The molecular weight excluding hydrogens is 405 g/mol. The van der Waals surface area contributed by atoms with E-state index in [9.17, 15) is 9.59 Å². The highest BCUT2D eigenvalue weighted by atomic mass is 35.5. The lowest BCUT2D eigenvalue weighted by molar-refractivity contribution is -0.142. The molecule has 1 aromatic carbocycles. The second-order valence-corrected chi connectivity index (χ2v) is 7.62. The van der Waals surface area contributed by atoms with Crippen molar-refractivity contribution < 1.29 is 19.1 Å². The summed E-state index contributed by atoms with van der Waals surface area (Å²) in [6, 6.07) is 9.47. The Kier molecular flexibility index (Phi) is 7.21. The lowest BCUT2D eigenvalue weighted by Gasteiger charge is -2.31. The predicted molar refractivity (Wildman–Crippen MR) is 107 cm³/mol. The van der Waals surface area contributed by atoms with Crippen molar-refractivity contribution in [3.8, 4) is 0 Å². The molecule has 0 aliphatic carbocycles. The van der Waals surface area contributed by atoms with E-state index in [0.29, 0.717) is 0 Å². The van der Waals surface area contributed by atoms with Crippen LogP contribution in [-0.4, -0.2) is 40.8 Å². The average Bonchev–Trinajstić information content (AvgIpc) is 2.59. The van der Waals surface area contributed by atoms with Crippen molar-refractivity contribution in [3.63, 3.8) is 0 Å². The van der Waals surface area contributed by atoms with Gasteiger partial charge < -0.3 is 9.47 Å². The van der Waals surface area contributed by atoms with E-state index in [1.165, 1.54) is 13.2 Å². The van der Waals surface area contributed by atoms with Gasteiger partial charge in [0, 0.05) is 12.5 Å². The number of aromatic nitrogens is 2. The van der Waals surface area contributed by atoms with E-state index >= 15 is 0 Å². The maximum atomic E-state index is 13.0. The molecule has 9 heteroatoms. The Labute approximate surface area is 173 Å². The largest absolute Gasteiger partial charge is 0.467 e. The fourth-order valence-electron chi connectivity index (χ4n) is 2.45. The number of carbonyl (C=O) groups is 2. The minimum absolute atomic E-state index is 0.0203. The molecule has 0 spiro atoms. The third-order valence-electron chi connectivity index (χ3n) is 3.55. The Morgan fingerprint density at radius 3 is 2.32 bits per heavy atom. The molecule has 1 atom stereocenters. The summed E-state index contributed by atoms with van der Waals surface area (Å²) in [7, 11) is 1.24. The topological polar surface area (TPSA) is 81.6 Å². The standard InChI is InChI=1S/C19H21Cl2N3O4/c1-19(2,3)28-18(26)24(15-11-14(20)22-17(21)23-15)13(16(25)27-4)10-12-8-6-5-7-9-12/h5-9,11,13H,10H2,1-4H3/t13-/m1/s1. The number of anilines is 1. The van der Waals surface area contributed by atoms with Crippen LogP contribution in [0.1, 0.15) is 26.3 Å². The summed E-state index contributed by atoms with van der Waals surface area (Å²) in [5.74, 6) is -0.605. The molecular formula is C19H21Cl2N3O4. The number of hydrogen-bond donors (Lipinski definition) is 0. The number of carbonyl (C=O) groups excluding carboxylic acids is 2. The molecule has 2 aromatic rings. The predicted octanol–water partition coefficient (Wildman–Crippen LogP) is 4.31. The van der Waals surface area contributed by atoms with Crippen LogP contribution < -0.4 is 4.90 Å². The number of nitrogens with zero attached hydrogens (tertiary/aromatic N) is 3. The number of esters is 1. The fourth-order valence-corrected chi connectivity index (χ4v) is 2.85. The van der Waals surface area contributed by atoms with Crippen molar-refractivity contribution in [2.24, 2.45) is 0 Å². The van der Waals surface area contributed by atoms with Gasteiger partial charge in [0.05, 0.1) is 7.11 Å². The molecule has 0 radical (unpaired) electrons. The summed E-state index contributed by atoms with van der Waals surface area (Å²) in [5, 5.41) is -0.147. The zero-order chi connectivity index (χ0) is 20.9. The van der Waals surface area contributed by atoms with Crippen LogP contribution in [0.15, 0.2) is 36.4 Å². The summed E-state index contributed by atoms with van der Waals surface area (Å²) >= 11 is 11.9. The van der Waals surface area contributed by atoms with Crippen molar-refractivity contribution in [1.29, 1.82) is 0 Å². The van der Waals surface area contributed by atoms with Gasteiger partial charge in [-0.15, -0.1) is 0 Å². The number of ether oxygens (including phenoxy) is 2. The van der Waals surface area contributed by atoms with Crippen molar-refractivity contribution in [3.05, 3.63) is 52.4 Å². The van der Waals surface area contributed by atoms with E-state index in [-0.39, 0.29) is 22.7 Å². The van der Waals surface area contributed by atoms with Crippen LogP contribution in [-0.2, 0) is 20.7 Å². The highest BCUT2D eigenvalue weighted by molar-refractivity contribution is 6.32. The van der Waals surface area contributed by atoms with Gasteiger partial charge in [-0.2, -0.15) is 4.98 Å². The molecule has 1 amide bonds. The summed E-state index contributed by atoms with van der Waals surface area (Å²) in [6.45, 7) is 5.15. The minimum Gasteiger partial charge on any atom is -0.467 e. The zero-order valence-electron chi connectivity index (χ0n) is 16.0. The summed E-state index contributed by atoms with van der Waals surface area (Å²) in [4.78, 5) is 34.5. The van der Waals surface area contributed by atoms with E-state index in [4.69, 9.17) is 32.7 Å². The third-order valence-corrected chi connectivity index (χ3v) is 3.91. The van der Waals surface area contributed by atoms with Gasteiger partial charge in [-0.1, -0.05) is 41.9 Å². The van der Waals surface area contributed by atoms with Gasteiger partial charge in [0.1, 0.15) is 22.6 Å². The van der Waals surface area contributed by atoms with E-state index in [2.05, 4.69) is 9.97 Å². The monoisotopic (exact) mass is 425 g/mol. The molecule has 0 aliphatic rings. The first-order chi connectivity index (χ1) is 13.1. The first kappa shape index (κ1) is 21.9. The van der Waals surface area contributed by atoms with E-state index in [1.54, 1.807) is 20.8 Å². The minimum atomic E-state index is -1.05. The molecule has 0 aliphatic heterocycles. The SMILES string of the molecule is COC(=O)[C@@H](Cc1ccccc1)N(C(=O)OC(C)(C)C)c1cc(Cl)nc(Cl)n1. The second-order valence-electron chi connectivity index (χ2n) is 6.90. The molecule has 28 heavy (non-hydrogen) atoms. The summed E-state index contributed by atoms with van der Waals surface area (Å²) in [6.07, 6.45) is -0.615. The van der Waals surface area contributed by atoms with Crippen LogP contribution in [0.25, 0.3) is 0 Å². The lowest BCUT2D eigenvalue weighted by Crippen LogP contribution is -2.49. The molecule has 0 N–H and O–H groups in total. The van der Waals surface area contributed by atoms with Gasteiger partial charge in [0.25, 0.3) is 0 Å². The third kappa shape index (κ3) is 6.07. The molecule has 2 rings (SSSR count). The van der Waals surface area contributed by atoms with Crippen molar-refractivity contribution in [1.82, 2.24) is 9.97 Å². The number of amides is 1. The Hall–Kier alpha value is -2.38. The number of methoxy groups -OCH3 is 1. The molecule has 1 aromatic heterocycles. The summed E-state index contributed by atoms with van der Waals surface area (Å²) < 4.78 is 10.4. The number of rotatable bonds is 5. The highest BCUT2D eigenvalue weighted by Gasteiger charge is 2.36. The first-order valence-electron chi connectivity index (χ1n) is 8.45. The maximum Gasteiger partial charge on any atom is 0.416 e. The molecule has 150 valence electrons. The first-order valence-corrected chi connectivity index (χ1v) is 9.20. The van der Waals surface area contributed by atoms with Gasteiger partial charge in [-0.25, -0.2) is 19.5 Å². The Morgan fingerprint density at radius 2 is 1.79 bits per heavy atom. The molecule has 0 fully saturated rings. The maximum absolute atomic E-state index is 13.0. The van der Waals surface area contributed by atoms with Gasteiger partial charge in [-0.05, 0) is 37.9 Å². The van der Waals surface area contributed by atoms with Gasteiger partial charge in [0.2, 0.25) is 5.28 Å². The van der Waals surface area contributed by atoms with Crippen LogP contribution >= 0.6 is 23.2 Å².